The number of furan rings is 1. The van der Waals surface area contributed by atoms with Gasteiger partial charge in [0.1, 0.15) is 17.8 Å². The fourth-order valence-corrected chi connectivity index (χ4v) is 4.64. The maximum atomic E-state index is 13.4. The zero-order valence-electron chi connectivity index (χ0n) is 20.6. The zero-order chi connectivity index (χ0) is 26.7. The van der Waals surface area contributed by atoms with Crippen molar-refractivity contribution in [1.82, 2.24) is 20.2 Å². The lowest BCUT2D eigenvalue weighted by Gasteiger charge is -2.31. The minimum atomic E-state index is -2.55. The van der Waals surface area contributed by atoms with Crippen molar-refractivity contribution in [3.63, 3.8) is 0 Å². The molecule has 4 heterocycles. The molecule has 0 bridgehead atoms. The maximum Gasteiger partial charge on any atom is 0.250 e. The monoisotopic (exact) mass is 539 g/mol. The fourth-order valence-electron chi connectivity index (χ4n) is 4.37. The van der Waals surface area contributed by atoms with E-state index >= 15 is 0 Å². The van der Waals surface area contributed by atoms with Crippen LogP contribution in [0.4, 0.5) is 14.6 Å². The predicted molar refractivity (Wildman–Crippen MR) is 144 cm³/mol. The number of anilines is 1. The van der Waals surface area contributed by atoms with E-state index < -0.39 is 12.2 Å². The Balaban J connectivity index is 1.22. The highest BCUT2D eigenvalue weighted by atomic mass is 35.5. The van der Waals surface area contributed by atoms with Crippen molar-refractivity contribution < 1.29 is 18.3 Å². The number of nitrogens with two attached hydrogens (primary N) is 1. The molecule has 198 valence electrons. The van der Waals surface area contributed by atoms with E-state index in [0.29, 0.717) is 48.4 Å². The van der Waals surface area contributed by atoms with Crippen LogP contribution < -0.4 is 11.1 Å². The highest BCUT2D eigenvalue weighted by molar-refractivity contribution is 6.35. The summed E-state index contributed by atoms with van der Waals surface area (Å²) in [5.41, 5.74) is 9.53. The molecule has 1 fully saturated rings. The van der Waals surface area contributed by atoms with E-state index in [1.165, 1.54) is 0 Å². The molecular formula is C28H28ClF2N5O2. The van der Waals surface area contributed by atoms with Crippen molar-refractivity contribution in [3.8, 4) is 11.3 Å². The average molecular weight is 540 g/mol. The third kappa shape index (κ3) is 6.54. The number of nitrogen functional groups attached to an aromatic ring is 1. The summed E-state index contributed by atoms with van der Waals surface area (Å²) in [4.78, 5) is 10.6. The number of hydrogen-bond acceptors (Lipinski definition) is 7. The quantitative estimate of drug-likeness (QED) is 0.255. The van der Waals surface area contributed by atoms with Crippen LogP contribution in [0, 0.1) is 0 Å². The van der Waals surface area contributed by atoms with Gasteiger partial charge in [0, 0.05) is 55.8 Å². The number of piperidine rings is 1. The molecule has 1 aromatic carbocycles. The van der Waals surface area contributed by atoms with Crippen LogP contribution in [-0.4, -0.2) is 45.2 Å². The molecule has 1 atom stereocenters. The van der Waals surface area contributed by atoms with E-state index in [1.807, 2.05) is 35.2 Å². The molecule has 38 heavy (non-hydrogen) atoms. The summed E-state index contributed by atoms with van der Waals surface area (Å²) in [5.74, 6) is -1.49. The minimum Gasteiger partial charge on any atom is -0.458 e. The highest BCUT2D eigenvalue weighted by Crippen LogP contribution is 2.33. The van der Waals surface area contributed by atoms with Crippen LogP contribution in [-0.2, 0) is 13.1 Å². The summed E-state index contributed by atoms with van der Waals surface area (Å²) in [5, 5.41) is 14.5. The van der Waals surface area contributed by atoms with E-state index in [4.69, 9.17) is 21.8 Å². The van der Waals surface area contributed by atoms with E-state index in [-0.39, 0.29) is 12.8 Å². The molecule has 4 N–H and O–H groups in total. The van der Waals surface area contributed by atoms with Crippen molar-refractivity contribution in [2.75, 3.05) is 18.8 Å². The minimum absolute atomic E-state index is 0.101. The van der Waals surface area contributed by atoms with Crippen molar-refractivity contribution in [2.45, 2.75) is 38.1 Å². The molecule has 0 amide bonds. The second-order valence-corrected chi connectivity index (χ2v) is 9.88. The molecule has 5 rings (SSSR count). The Kier molecular flexibility index (Phi) is 7.71. The van der Waals surface area contributed by atoms with E-state index in [9.17, 15) is 13.9 Å². The number of aromatic nitrogens is 2. The Bertz CT molecular complexity index is 1410. The van der Waals surface area contributed by atoms with Gasteiger partial charge in [-0.1, -0.05) is 23.7 Å². The summed E-state index contributed by atoms with van der Waals surface area (Å²) in [6, 6.07) is 13.0. The molecule has 1 aliphatic rings. The number of alkyl halides is 2. The Morgan fingerprint density at radius 1 is 1.13 bits per heavy atom. The molecule has 1 aliphatic heterocycles. The van der Waals surface area contributed by atoms with E-state index in [0.717, 1.165) is 27.8 Å². The van der Waals surface area contributed by atoms with Crippen molar-refractivity contribution in [1.29, 1.82) is 0 Å². The number of likely N-dealkylation sites (tertiary alicyclic amines) is 1. The van der Waals surface area contributed by atoms with Crippen LogP contribution >= 0.6 is 11.6 Å². The first kappa shape index (κ1) is 26.2. The molecule has 0 aliphatic carbocycles. The van der Waals surface area contributed by atoms with Gasteiger partial charge in [0.25, 0.3) is 5.92 Å². The normalized spacial score (nSPS) is 16.8. The SMILES string of the molecule is Nc1ccc(C=CC(O)NCc2cc3cc(-c4ccc(CN5CCC(F)(F)CC5)cn4)cc(Cl)c3o2)cn1. The van der Waals surface area contributed by atoms with Gasteiger partial charge in [-0.2, -0.15) is 0 Å². The van der Waals surface area contributed by atoms with Gasteiger partial charge in [0.15, 0.2) is 5.58 Å². The van der Waals surface area contributed by atoms with Gasteiger partial charge in [-0.3, -0.25) is 15.2 Å². The summed E-state index contributed by atoms with van der Waals surface area (Å²) in [7, 11) is 0. The van der Waals surface area contributed by atoms with Gasteiger partial charge in [0.2, 0.25) is 0 Å². The molecule has 0 radical (unpaired) electrons. The molecular weight excluding hydrogens is 512 g/mol. The van der Waals surface area contributed by atoms with Crippen LogP contribution in [0.3, 0.4) is 0 Å². The van der Waals surface area contributed by atoms with Crippen LogP contribution in [0.25, 0.3) is 28.3 Å². The van der Waals surface area contributed by atoms with Gasteiger partial charge >= 0.3 is 0 Å². The number of nitrogens with one attached hydrogen (secondary N) is 1. The van der Waals surface area contributed by atoms with Gasteiger partial charge < -0.3 is 15.3 Å². The Hall–Kier alpha value is -3.37. The molecule has 0 spiro atoms. The lowest BCUT2D eigenvalue weighted by atomic mass is 10.1. The topological polar surface area (TPSA) is 100 Å². The average Bonchev–Trinajstić information content (AvgIpc) is 3.33. The van der Waals surface area contributed by atoms with Crippen molar-refractivity contribution >= 4 is 34.5 Å². The lowest BCUT2D eigenvalue weighted by molar-refractivity contribution is -0.0566. The van der Waals surface area contributed by atoms with Crippen LogP contribution in [0.5, 0.6) is 0 Å². The number of nitrogens with zero attached hydrogens (tertiary/aromatic N) is 3. The molecule has 10 heteroatoms. The molecule has 1 unspecified atom stereocenters. The van der Waals surface area contributed by atoms with E-state index in [1.54, 1.807) is 36.7 Å². The van der Waals surface area contributed by atoms with Gasteiger partial charge in [-0.05, 0) is 53.6 Å². The first-order valence-corrected chi connectivity index (χ1v) is 12.7. The molecule has 1 saturated heterocycles. The van der Waals surface area contributed by atoms with Crippen molar-refractivity contribution in [2.24, 2.45) is 0 Å². The molecule has 4 aromatic rings. The van der Waals surface area contributed by atoms with Gasteiger partial charge in [-0.15, -0.1) is 0 Å². The second-order valence-electron chi connectivity index (χ2n) is 9.47. The smallest absolute Gasteiger partial charge is 0.250 e. The summed E-state index contributed by atoms with van der Waals surface area (Å²) >= 11 is 6.51. The van der Waals surface area contributed by atoms with Crippen LogP contribution in [0.2, 0.25) is 5.02 Å². The number of hydrogen-bond donors (Lipinski definition) is 3. The maximum absolute atomic E-state index is 13.4. The number of aliphatic hydroxyl groups is 1. The Labute approximate surface area is 223 Å². The first-order chi connectivity index (χ1) is 18.2. The summed E-state index contributed by atoms with van der Waals surface area (Å²) in [6.07, 6.45) is 5.66. The zero-order valence-corrected chi connectivity index (χ0v) is 21.3. The largest absolute Gasteiger partial charge is 0.458 e. The highest BCUT2D eigenvalue weighted by Gasteiger charge is 2.33. The van der Waals surface area contributed by atoms with Crippen LogP contribution in [0.15, 0.2) is 65.4 Å². The second kappa shape index (κ2) is 11.2. The number of aliphatic hydroxyl groups excluding tert-OH is 1. The number of fused-ring (bicyclic) bond motifs is 1. The van der Waals surface area contributed by atoms with Crippen molar-refractivity contribution in [3.05, 3.63) is 82.8 Å². The fraction of sp³-hybridized carbons (Fsp3) is 0.286. The number of halogens is 3. The lowest BCUT2D eigenvalue weighted by Crippen LogP contribution is -2.38. The Morgan fingerprint density at radius 3 is 2.66 bits per heavy atom. The predicted octanol–water partition coefficient (Wildman–Crippen LogP) is 5.48. The number of pyridine rings is 2. The molecule has 0 saturated carbocycles. The van der Waals surface area contributed by atoms with E-state index in [2.05, 4.69) is 15.3 Å². The standard InChI is InChI=1S/C28H28ClF2N5O2/c29-23-13-20(24-4-1-19(15-33-24)17-36-9-7-28(30,31)8-10-36)11-21-12-22(38-27(21)23)16-35-26(37)6-3-18-2-5-25(32)34-14-18/h1-6,11-15,26,35,37H,7-10,16-17H2,(H2,32,34). The number of benzene rings is 1. The third-order valence-corrected chi connectivity index (χ3v) is 6.78. The molecule has 3 aromatic heterocycles. The summed E-state index contributed by atoms with van der Waals surface area (Å²) in [6.45, 7) is 1.65. The third-order valence-electron chi connectivity index (χ3n) is 6.50. The van der Waals surface area contributed by atoms with Gasteiger partial charge in [-0.25, -0.2) is 13.8 Å². The summed E-state index contributed by atoms with van der Waals surface area (Å²) < 4.78 is 32.7. The number of rotatable bonds is 8. The van der Waals surface area contributed by atoms with Gasteiger partial charge in [0.05, 0.1) is 17.3 Å². The Morgan fingerprint density at radius 2 is 1.95 bits per heavy atom. The van der Waals surface area contributed by atoms with Crippen LogP contribution in [0.1, 0.15) is 29.7 Å². The first-order valence-electron chi connectivity index (χ1n) is 12.3. The molecule has 7 nitrogen and oxygen atoms in total.